The van der Waals surface area contributed by atoms with E-state index in [-0.39, 0.29) is 11.5 Å². The molecule has 0 spiro atoms. The number of alkyl halides is 1. The smallest absolute Gasteiger partial charge is 0.147 e. The van der Waals surface area contributed by atoms with Crippen molar-refractivity contribution in [2.75, 3.05) is 5.88 Å². The Morgan fingerprint density at radius 2 is 2.27 bits per heavy atom. The van der Waals surface area contributed by atoms with Gasteiger partial charge in [-0.15, -0.1) is 11.6 Å². The number of allylic oxidation sites excluding steroid dienone is 2. The van der Waals surface area contributed by atoms with E-state index in [2.05, 4.69) is 13.8 Å². The fourth-order valence-corrected chi connectivity index (χ4v) is 2.39. The zero-order valence-corrected chi connectivity index (χ0v) is 10.3. The average molecular weight is 228 g/mol. The van der Waals surface area contributed by atoms with Crippen LogP contribution < -0.4 is 5.73 Å². The number of carbonyl (C=O) groups excluding carboxylic acids is 1. The number of rotatable bonds is 3. The van der Waals surface area contributed by atoms with Gasteiger partial charge in [0.1, 0.15) is 6.29 Å². The summed E-state index contributed by atoms with van der Waals surface area (Å²) in [5.41, 5.74) is 8.82. The van der Waals surface area contributed by atoms with E-state index in [1.807, 2.05) is 13.0 Å². The van der Waals surface area contributed by atoms with Crippen molar-refractivity contribution < 1.29 is 4.79 Å². The summed E-state index contributed by atoms with van der Waals surface area (Å²) in [6, 6.07) is -0.289. The van der Waals surface area contributed by atoms with Crippen molar-refractivity contribution in [2.45, 2.75) is 33.2 Å². The summed E-state index contributed by atoms with van der Waals surface area (Å²) in [6.07, 6.45) is 3.65. The molecular formula is C12H18ClNO. The summed E-state index contributed by atoms with van der Waals surface area (Å²) in [4.78, 5) is 10.9. The van der Waals surface area contributed by atoms with Gasteiger partial charge in [0.05, 0.1) is 0 Å². The maximum absolute atomic E-state index is 10.9. The first-order chi connectivity index (χ1) is 7.01. The van der Waals surface area contributed by atoms with E-state index >= 15 is 0 Å². The Hall–Kier alpha value is -0.600. The highest BCUT2D eigenvalue weighted by molar-refractivity contribution is 6.18. The monoisotopic (exact) mass is 227 g/mol. The van der Waals surface area contributed by atoms with E-state index in [4.69, 9.17) is 17.3 Å². The lowest BCUT2D eigenvalue weighted by atomic mass is 9.69. The molecule has 0 saturated heterocycles. The molecule has 0 aromatic rings. The van der Waals surface area contributed by atoms with Gasteiger partial charge in [0.25, 0.3) is 0 Å². The first kappa shape index (κ1) is 12.5. The summed E-state index contributed by atoms with van der Waals surface area (Å²) < 4.78 is 0. The third-order valence-corrected chi connectivity index (χ3v) is 4.07. The first-order valence-corrected chi connectivity index (χ1v) is 5.73. The molecule has 1 aliphatic carbocycles. The topological polar surface area (TPSA) is 43.1 Å². The Balaban J connectivity index is 3.29. The maximum atomic E-state index is 10.9. The van der Waals surface area contributed by atoms with Crippen LogP contribution in [0.4, 0.5) is 0 Å². The summed E-state index contributed by atoms with van der Waals surface area (Å²) in [5, 5.41) is 0. The van der Waals surface area contributed by atoms with Crippen LogP contribution in [0.3, 0.4) is 0 Å². The van der Waals surface area contributed by atoms with Crippen molar-refractivity contribution in [1.82, 2.24) is 0 Å². The molecule has 0 amide bonds. The van der Waals surface area contributed by atoms with Crippen molar-refractivity contribution in [1.29, 1.82) is 0 Å². The molecule has 0 radical (unpaired) electrons. The van der Waals surface area contributed by atoms with Gasteiger partial charge in [-0.2, -0.15) is 0 Å². The van der Waals surface area contributed by atoms with Gasteiger partial charge >= 0.3 is 0 Å². The van der Waals surface area contributed by atoms with Crippen LogP contribution in [0.25, 0.3) is 0 Å². The molecule has 0 heterocycles. The number of hydrogen-bond acceptors (Lipinski definition) is 2. The molecule has 84 valence electrons. The normalized spacial score (nSPS) is 31.5. The van der Waals surface area contributed by atoms with E-state index < -0.39 is 0 Å². The van der Waals surface area contributed by atoms with Crippen LogP contribution in [0.5, 0.6) is 0 Å². The molecule has 0 saturated carbocycles. The highest BCUT2D eigenvalue weighted by atomic mass is 35.5. The molecule has 2 nitrogen and oxygen atoms in total. The van der Waals surface area contributed by atoms with Crippen LogP contribution in [-0.4, -0.2) is 18.2 Å². The Morgan fingerprint density at radius 3 is 2.67 bits per heavy atom. The molecule has 15 heavy (non-hydrogen) atoms. The molecule has 0 aromatic carbocycles. The van der Waals surface area contributed by atoms with Crippen LogP contribution in [0.15, 0.2) is 22.8 Å². The van der Waals surface area contributed by atoms with Crippen molar-refractivity contribution in [2.24, 2.45) is 11.1 Å². The molecule has 1 rings (SSSR count). The highest BCUT2D eigenvalue weighted by Gasteiger charge is 2.38. The zero-order valence-electron chi connectivity index (χ0n) is 9.51. The Morgan fingerprint density at radius 1 is 1.67 bits per heavy atom. The molecule has 1 aliphatic rings. The lowest BCUT2D eigenvalue weighted by Gasteiger charge is -2.39. The molecule has 2 N–H and O–H groups in total. The lowest BCUT2D eigenvalue weighted by molar-refractivity contribution is -0.105. The van der Waals surface area contributed by atoms with Crippen molar-refractivity contribution in [3.63, 3.8) is 0 Å². The Labute approximate surface area is 96.2 Å². The van der Waals surface area contributed by atoms with Gasteiger partial charge in [-0.3, -0.25) is 4.79 Å². The van der Waals surface area contributed by atoms with Crippen LogP contribution in [0, 0.1) is 5.41 Å². The Bertz CT molecular complexity index is 333. The fraction of sp³-hybridized carbons (Fsp3) is 0.583. The summed E-state index contributed by atoms with van der Waals surface area (Å²) >= 11 is 6.00. The van der Waals surface area contributed by atoms with Crippen molar-refractivity contribution in [3.8, 4) is 0 Å². The van der Waals surface area contributed by atoms with Crippen LogP contribution in [0.2, 0.25) is 0 Å². The summed E-state index contributed by atoms with van der Waals surface area (Å²) in [7, 11) is 0. The van der Waals surface area contributed by atoms with E-state index in [1.54, 1.807) is 0 Å². The van der Waals surface area contributed by atoms with Gasteiger partial charge < -0.3 is 5.73 Å². The van der Waals surface area contributed by atoms with Gasteiger partial charge in [-0.1, -0.05) is 25.5 Å². The first-order valence-electron chi connectivity index (χ1n) is 5.19. The molecule has 3 heteroatoms. The number of hydrogen-bond donors (Lipinski definition) is 1. The van der Waals surface area contributed by atoms with Crippen molar-refractivity contribution in [3.05, 3.63) is 22.8 Å². The Kier molecular flexibility index (Phi) is 3.74. The van der Waals surface area contributed by atoms with Gasteiger partial charge in [0.15, 0.2) is 0 Å². The quantitative estimate of drug-likeness (QED) is 0.595. The standard InChI is InChI=1S/C12H18ClNO/c1-4-9-5-10(6-15)11(14)12(3,7-13)8(9)2/h5-6,11H,4,7,14H2,1-3H3. The fourth-order valence-electron chi connectivity index (χ4n) is 2.03. The van der Waals surface area contributed by atoms with Crippen LogP contribution in [0.1, 0.15) is 27.2 Å². The molecule has 0 fully saturated rings. The molecule has 0 bridgehead atoms. The van der Waals surface area contributed by atoms with Gasteiger partial charge in [-0.05, 0) is 18.9 Å². The van der Waals surface area contributed by atoms with Crippen molar-refractivity contribution >= 4 is 17.9 Å². The number of aldehydes is 1. The van der Waals surface area contributed by atoms with Crippen LogP contribution >= 0.6 is 11.6 Å². The second-order valence-corrected chi connectivity index (χ2v) is 4.56. The predicted octanol–water partition coefficient (Wildman–Crippen LogP) is 2.42. The number of nitrogens with two attached hydrogens (primary N) is 1. The third-order valence-electron chi connectivity index (χ3n) is 3.52. The maximum Gasteiger partial charge on any atom is 0.147 e. The average Bonchev–Trinajstić information content (AvgIpc) is 2.26. The second kappa shape index (κ2) is 4.50. The molecular weight excluding hydrogens is 210 g/mol. The number of halogens is 1. The SMILES string of the molecule is CCC1=C(C)C(C)(CCl)C(N)C(C=O)=C1. The van der Waals surface area contributed by atoms with E-state index in [9.17, 15) is 4.79 Å². The van der Waals surface area contributed by atoms with Crippen LogP contribution in [-0.2, 0) is 4.79 Å². The van der Waals surface area contributed by atoms with Gasteiger partial charge in [-0.25, -0.2) is 0 Å². The second-order valence-electron chi connectivity index (χ2n) is 4.29. The highest BCUT2D eigenvalue weighted by Crippen LogP contribution is 2.40. The summed E-state index contributed by atoms with van der Waals surface area (Å²) in [5.74, 6) is 0.439. The molecule has 0 aliphatic heterocycles. The minimum atomic E-state index is -0.294. The lowest BCUT2D eigenvalue weighted by Crippen LogP contribution is -2.46. The largest absolute Gasteiger partial charge is 0.323 e. The van der Waals surface area contributed by atoms with Gasteiger partial charge in [0.2, 0.25) is 0 Å². The van der Waals surface area contributed by atoms with Gasteiger partial charge in [0, 0.05) is 22.9 Å². The van der Waals surface area contributed by atoms with E-state index in [0.29, 0.717) is 11.5 Å². The zero-order chi connectivity index (χ0) is 11.6. The van der Waals surface area contributed by atoms with E-state index in [0.717, 1.165) is 12.7 Å². The molecule has 2 unspecified atom stereocenters. The van der Waals surface area contributed by atoms with E-state index in [1.165, 1.54) is 11.1 Å². The summed E-state index contributed by atoms with van der Waals surface area (Å²) in [6.45, 7) is 6.15. The minimum absolute atomic E-state index is 0.289. The third kappa shape index (κ3) is 1.88. The molecule has 2 atom stereocenters. The number of carbonyl (C=O) groups is 1. The predicted molar refractivity (Wildman–Crippen MR) is 63.9 cm³/mol. The minimum Gasteiger partial charge on any atom is -0.323 e. The molecule has 0 aromatic heterocycles.